The van der Waals surface area contributed by atoms with Crippen LogP contribution in [0.4, 0.5) is 0 Å². The van der Waals surface area contributed by atoms with Crippen LogP contribution in [0.25, 0.3) is 12.2 Å². The van der Waals surface area contributed by atoms with E-state index in [-0.39, 0.29) is 0 Å². The van der Waals surface area contributed by atoms with Gasteiger partial charge in [0.15, 0.2) is 0 Å². The van der Waals surface area contributed by atoms with E-state index in [9.17, 15) is 0 Å². The van der Waals surface area contributed by atoms with Crippen molar-refractivity contribution >= 4 is 18.4 Å². The fourth-order valence-corrected chi connectivity index (χ4v) is 34.7. The van der Waals surface area contributed by atoms with Gasteiger partial charge in [-0.25, -0.2) is 0 Å². The standard InChI is InChI=1S/2C11H11.C4H10Si.Hf/c2*1-8-6-10-5-3-4-9(2)11(10)7-8;1-2-3-4-5;/h2*3-7H,1-2H3;5H,2-4H2,1H3;. The van der Waals surface area contributed by atoms with E-state index in [1.807, 2.05) is 0 Å². The van der Waals surface area contributed by atoms with E-state index in [0.29, 0.717) is 6.22 Å². The topological polar surface area (TPSA) is 0 Å². The summed E-state index contributed by atoms with van der Waals surface area (Å²) in [7, 11) is 0. The molecule has 2 aliphatic rings. The summed E-state index contributed by atoms with van der Waals surface area (Å²) < 4.78 is 1.60. The summed E-state index contributed by atoms with van der Waals surface area (Å²) >= 11 is -2.00. The number of fused-ring (bicyclic) bond motifs is 2. The maximum atomic E-state index is 2.53. The van der Waals surface area contributed by atoms with E-state index in [0.717, 1.165) is 7.35 Å². The Kier molecular flexibility index (Phi) is 6.08. The molecule has 0 aromatic heterocycles. The summed E-state index contributed by atoms with van der Waals surface area (Å²) in [5.74, 6) is 0. The van der Waals surface area contributed by atoms with Crippen LogP contribution in [0.15, 0.2) is 47.5 Å². The quantitative estimate of drug-likeness (QED) is 0.275. The van der Waals surface area contributed by atoms with E-state index >= 15 is 0 Å². The second-order valence-electron chi connectivity index (χ2n) is 8.64. The summed E-state index contributed by atoms with van der Waals surface area (Å²) in [6.45, 7) is 11.8. The molecule has 4 rings (SSSR count). The zero-order chi connectivity index (χ0) is 19.8. The van der Waals surface area contributed by atoms with Crippen LogP contribution < -0.4 is 0 Å². The Labute approximate surface area is 179 Å². The van der Waals surface area contributed by atoms with Gasteiger partial charge in [0.05, 0.1) is 0 Å². The molecule has 0 aliphatic heterocycles. The van der Waals surface area contributed by atoms with Crippen LogP contribution in [-0.2, 0) is 20.1 Å². The van der Waals surface area contributed by atoms with Gasteiger partial charge in [0.25, 0.3) is 0 Å². The van der Waals surface area contributed by atoms with Crippen LogP contribution >= 0.6 is 0 Å². The zero-order valence-corrected chi connectivity index (χ0v) is 22.7. The van der Waals surface area contributed by atoms with Gasteiger partial charge in [0.2, 0.25) is 0 Å². The molecule has 28 heavy (non-hydrogen) atoms. The van der Waals surface area contributed by atoms with E-state index in [1.54, 1.807) is 33.4 Å². The van der Waals surface area contributed by atoms with Crippen molar-refractivity contribution in [2.75, 3.05) is 0 Å². The van der Waals surface area contributed by atoms with E-state index in [4.69, 9.17) is 0 Å². The minimum atomic E-state index is -2.00. The average molecular weight is 551 g/mol. The van der Waals surface area contributed by atoms with Crippen LogP contribution in [0.2, 0.25) is 6.04 Å². The van der Waals surface area contributed by atoms with Crippen LogP contribution in [0, 0.1) is 13.8 Å². The molecule has 0 spiro atoms. The summed E-state index contributed by atoms with van der Waals surface area (Å²) in [6, 6.07) is 15.6. The molecule has 2 aromatic rings. The SMILES string of the molecule is CCCC[SiH]=[Hf]([CH]1C(C)=Cc2c(C)cccc21)[CH]1C(C)=Cc2c(C)cccc21. The van der Waals surface area contributed by atoms with Crippen LogP contribution in [0.1, 0.15) is 74.3 Å². The van der Waals surface area contributed by atoms with Crippen LogP contribution in [0.3, 0.4) is 0 Å². The normalized spacial score (nSPS) is 19.8. The number of allylic oxidation sites excluding steroid dienone is 2. The van der Waals surface area contributed by atoms with E-state index in [1.165, 1.54) is 30.0 Å². The van der Waals surface area contributed by atoms with E-state index < -0.39 is 20.1 Å². The Hall–Kier alpha value is -0.993. The molecule has 0 radical (unpaired) electrons. The number of unbranched alkanes of at least 4 members (excludes halogenated alkanes) is 1. The molecular weight excluding hydrogens is 519 g/mol. The van der Waals surface area contributed by atoms with Gasteiger partial charge in [-0.05, 0) is 0 Å². The molecule has 2 unspecified atom stereocenters. The predicted molar refractivity (Wildman–Crippen MR) is 122 cm³/mol. The third-order valence-electron chi connectivity index (χ3n) is 6.60. The number of aryl methyl sites for hydroxylation is 2. The molecule has 0 bridgehead atoms. The van der Waals surface area contributed by atoms with Crippen molar-refractivity contribution in [3.05, 3.63) is 80.9 Å². The molecule has 0 fully saturated rings. The minimum absolute atomic E-state index is 0.619. The Bertz CT molecular complexity index is 934. The molecule has 0 heterocycles. The second kappa shape index (κ2) is 8.40. The van der Waals surface area contributed by atoms with Crippen molar-refractivity contribution in [2.24, 2.45) is 0 Å². The van der Waals surface area contributed by atoms with Gasteiger partial charge in [-0.2, -0.15) is 0 Å². The van der Waals surface area contributed by atoms with Gasteiger partial charge in [-0.15, -0.1) is 0 Å². The Morgan fingerprint density at radius 3 is 1.75 bits per heavy atom. The van der Waals surface area contributed by atoms with Crippen LogP contribution in [0.5, 0.6) is 0 Å². The van der Waals surface area contributed by atoms with Crippen molar-refractivity contribution in [1.29, 1.82) is 0 Å². The second-order valence-corrected chi connectivity index (χ2v) is 27.2. The summed E-state index contributed by atoms with van der Waals surface area (Å²) in [5.41, 5.74) is 12.7. The molecule has 0 N–H and O–H groups in total. The summed E-state index contributed by atoms with van der Waals surface area (Å²) in [6.07, 6.45) is 8.45. The fraction of sp³-hybridized carbons (Fsp3) is 0.385. The third-order valence-corrected chi connectivity index (χ3v) is 31.7. The van der Waals surface area contributed by atoms with Gasteiger partial charge in [-0.3, -0.25) is 0 Å². The first-order valence-electron chi connectivity index (χ1n) is 10.8. The van der Waals surface area contributed by atoms with Gasteiger partial charge >= 0.3 is 180 Å². The van der Waals surface area contributed by atoms with Gasteiger partial charge in [0.1, 0.15) is 0 Å². The summed E-state index contributed by atoms with van der Waals surface area (Å²) in [5, 5.41) is 0. The molecular formula is C26H32HfSi. The maximum absolute atomic E-state index is 2.53. The van der Waals surface area contributed by atoms with Crippen molar-refractivity contribution in [3.8, 4) is 0 Å². The fourth-order valence-electron chi connectivity index (χ4n) is 5.18. The zero-order valence-electron chi connectivity index (χ0n) is 18.0. The molecule has 2 atom stereocenters. The number of rotatable bonds is 5. The molecule has 0 saturated heterocycles. The van der Waals surface area contributed by atoms with Gasteiger partial charge in [-0.1, -0.05) is 0 Å². The number of hydrogen-bond acceptors (Lipinski definition) is 0. The number of hydrogen-bond donors (Lipinski definition) is 0. The molecule has 2 aromatic carbocycles. The average Bonchev–Trinajstić information content (AvgIpc) is 3.18. The van der Waals surface area contributed by atoms with Crippen LogP contribution in [-0.4, -0.2) is 6.22 Å². The van der Waals surface area contributed by atoms with Crippen molar-refractivity contribution < 1.29 is 20.1 Å². The molecule has 144 valence electrons. The Morgan fingerprint density at radius 2 is 1.29 bits per heavy atom. The first-order valence-corrected chi connectivity index (χ1v) is 22.5. The third kappa shape index (κ3) is 3.52. The molecule has 0 amide bonds. The first kappa shape index (κ1) is 20.3. The van der Waals surface area contributed by atoms with Crippen molar-refractivity contribution in [3.63, 3.8) is 0 Å². The van der Waals surface area contributed by atoms with Gasteiger partial charge in [0, 0.05) is 0 Å². The van der Waals surface area contributed by atoms with Crippen molar-refractivity contribution in [1.82, 2.24) is 0 Å². The Balaban J connectivity index is 1.85. The molecule has 2 heteroatoms. The molecule has 0 saturated carbocycles. The summed E-state index contributed by atoms with van der Waals surface area (Å²) in [4.78, 5) is 0. The first-order chi connectivity index (χ1) is 13.5. The Morgan fingerprint density at radius 1 is 0.786 bits per heavy atom. The number of benzene rings is 2. The monoisotopic (exact) mass is 552 g/mol. The molecule has 0 nitrogen and oxygen atoms in total. The molecule has 2 aliphatic carbocycles. The predicted octanol–water partition coefficient (Wildman–Crippen LogP) is 7.11. The van der Waals surface area contributed by atoms with E-state index in [2.05, 4.69) is 83.2 Å². The van der Waals surface area contributed by atoms with Gasteiger partial charge < -0.3 is 0 Å². The van der Waals surface area contributed by atoms with Crippen molar-refractivity contribution in [2.45, 2.75) is 60.9 Å².